The number of methoxy groups -OCH3 is 1. The molecule has 238 valence electrons. The molecule has 46 heavy (non-hydrogen) atoms. The summed E-state index contributed by atoms with van der Waals surface area (Å²) in [6, 6.07) is 21.9. The molecule has 1 aliphatic heterocycles. The van der Waals surface area contributed by atoms with E-state index in [1.165, 1.54) is 18.2 Å². The highest BCUT2D eigenvalue weighted by molar-refractivity contribution is 6.10. The van der Waals surface area contributed by atoms with Gasteiger partial charge in [0.25, 0.3) is 0 Å². The normalized spacial score (nSPS) is 14.8. The van der Waals surface area contributed by atoms with E-state index in [4.69, 9.17) is 15.3 Å². The van der Waals surface area contributed by atoms with Crippen LogP contribution in [0.2, 0.25) is 0 Å². The van der Waals surface area contributed by atoms with E-state index in [9.17, 15) is 19.2 Å². The van der Waals surface area contributed by atoms with Gasteiger partial charge in [-0.05, 0) is 30.2 Å². The van der Waals surface area contributed by atoms with E-state index in [-0.39, 0.29) is 25.9 Å². The number of amides is 2. The highest BCUT2D eigenvalue weighted by Crippen LogP contribution is 2.38. The molecule has 3 aromatic carbocycles. The van der Waals surface area contributed by atoms with Crippen LogP contribution in [-0.2, 0) is 37.6 Å². The zero-order valence-corrected chi connectivity index (χ0v) is 26.0. The number of ether oxygens (including phenoxy) is 2. The Balaban J connectivity index is 1.46. The maximum absolute atomic E-state index is 14.3. The minimum atomic E-state index is -1.23. The van der Waals surface area contributed by atoms with Gasteiger partial charge in [-0.1, -0.05) is 66.7 Å². The summed E-state index contributed by atoms with van der Waals surface area (Å²) in [4.78, 5) is 62.9. The van der Waals surface area contributed by atoms with E-state index in [2.05, 4.69) is 9.97 Å². The number of esters is 1. The first kappa shape index (κ1) is 32.1. The predicted molar refractivity (Wildman–Crippen MR) is 169 cm³/mol. The average molecular weight is 624 g/mol. The van der Waals surface area contributed by atoms with Crippen LogP contribution in [0.5, 0.6) is 5.75 Å². The number of carbonyl (C=O) groups excluding carboxylic acids is 4. The first-order valence-corrected chi connectivity index (χ1v) is 14.9. The highest BCUT2D eigenvalue weighted by atomic mass is 16.6. The Hall–Kier alpha value is -5.29. The van der Waals surface area contributed by atoms with Crippen LogP contribution in [0.1, 0.15) is 39.7 Å². The van der Waals surface area contributed by atoms with Gasteiger partial charge in [0.2, 0.25) is 11.8 Å². The fraction of sp³-hybridized carbons (Fsp3) is 0.286. The monoisotopic (exact) mass is 623 g/mol. The molecule has 1 saturated heterocycles. The van der Waals surface area contributed by atoms with Crippen molar-refractivity contribution in [2.24, 2.45) is 11.8 Å². The molecule has 0 spiro atoms. The number of hydrogen-bond acceptors (Lipinski definition) is 8. The Labute approximate surface area is 267 Å². The Bertz CT molecular complexity index is 1680. The molecule has 11 heteroatoms. The maximum Gasteiger partial charge on any atom is 0.303 e. The number of Topliss-reactive ketones (excluding diaryl/α,β-unsaturated/α-hetero) is 1. The van der Waals surface area contributed by atoms with Crippen LogP contribution in [0.4, 0.5) is 0 Å². The summed E-state index contributed by atoms with van der Waals surface area (Å²) in [5.74, 6) is 3.90. The topological polar surface area (TPSA) is 148 Å². The second kappa shape index (κ2) is 13.8. The SMILES string of the molecule is COc1ccc(CC(C(=O)N2CC(OC(C)=O)(c3ccccc3C)C2)N(N)C(=O)C(Cc2c[nH]cn2)C(=O)c2ccccc2)cc1. The van der Waals surface area contributed by atoms with Crippen molar-refractivity contribution in [1.82, 2.24) is 19.9 Å². The van der Waals surface area contributed by atoms with Gasteiger partial charge in [-0.15, -0.1) is 0 Å². The Kier molecular flexibility index (Phi) is 9.62. The molecule has 0 radical (unpaired) electrons. The van der Waals surface area contributed by atoms with Gasteiger partial charge in [0.15, 0.2) is 11.4 Å². The number of ketones is 1. The molecule has 4 aromatic rings. The van der Waals surface area contributed by atoms with Crippen LogP contribution in [0.3, 0.4) is 0 Å². The Morgan fingerprint density at radius 2 is 1.65 bits per heavy atom. The number of nitrogens with two attached hydrogens (primary N) is 1. The molecule has 1 aliphatic rings. The molecule has 1 aromatic heterocycles. The number of imidazole rings is 1. The van der Waals surface area contributed by atoms with E-state index in [1.807, 2.05) is 31.2 Å². The predicted octanol–water partition coefficient (Wildman–Crippen LogP) is 3.38. The minimum Gasteiger partial charge on any atom is -0.497 e. The van der Waals surface area contributed by atoms with Crippen LogP contribution in [0, 0.1) is 12.8 Å². The third-order valence-corrected chi connectivity index (χ3v) is 8.28. The number of likely N-dealkylation sites (tertiary alicyclic amines) is 1. The number of carbonyl (C=O) groups is 4. The zero-order chi connectivity index (χ0) is 32.8. The van der Waals surface area contributed by atoms with Crippen molar-refractivity contribution in [3.05, 3.63) is 119 Å². The lowest BCUT2D eigenvalue weighted by atomic mass is 9.82. The fourth-order valence-corrected chi connectivity index (χ4v) is 5.92. The van der Waals surface area contributed by atoms with Crippen LogP contribution < -0.4 is 10.6 Å². The molecule has 2 amide bonds. The second-order valence-electron chi connectivity index (χ2n) is 11.5. The first-order chi connectivity index (χ1) is 22.1. The van der Waals surface area contributed by atoms with Gasteiger partial charge in [0, 0.05) is 37.1 Å². The van der Waals surface area contributed by atoms with E-state index in [0.29, 0.717) is 17.0 Å². The van der Waals surface area contributed by atoms with Crippen molar-refractivity contribution in [2.75, 3.05) is 20.2 Å². The van der Waals surface area contributed by atoms with E-state index in [1.54, 1.807) is 67.9 Å². The molecule has 5 rings (SSSR count). The molecular weight excluding hydrogens is 586 g/mol. The molecular formula is C35H37N5O6. The lowest BCUT2D eigenvalue weighted by molar-refractivity contribution is -0.189. The maximum atomic E-state index is 14.3. The quantitative estimate of drug-likeness (QED) is 0.0610. The highest BCUT2D eigenvalue weighted by Gasteiger charge is 2.52. The number of hydrogen-bond donors (Lipinski definition) is 2. The van der Waals surface area contributed by atoms with E-state index in [0.717, 1.165) is 21.7 Å². The molecule has 3 N–H and O–H groups in total. The molecule has 2 atom stereocenters. The summed E-state index contributed by atoms with van der Waals surface area (Å²) in [5.41, 5.74) is 2.26. The van der Waals surface area contributed by atoms with Crippen LogP contribution in [-0.4, -0.2) is 69.7 Å². The summed E-state index contributed by atoms with van der Waals surface area (Å²) in [7, 11) is 1.55. The third kappa shape index (κ3) is 6.84. The van der Waals surface area contributed by atoms with Gasteiger partial charge in [-0.25, -0.2) is 10.8 Å². The average Bonchev–Trinajstić information content (AvgIpc) is 3.57. The molecule has 0 aliphatic carbocycles. The number of benzene rings is 3. The minimum absolute atomic E-state index is 0.0141. The van der Waals surface area contributed by atoms with Crippen LogP contribution in [0.25, 0.3) is 0 Å². The Morgan fingerprint density at radius 1 is 0.978 bits per heavy atom. The van der Waals surface area contributed by atoms with Crippen LogP contribution >= 0.6 is 0 Å². The van der Waals surface area contributed by atoms with Gasteiger partial charge in [0.1, 0.15) is 17.7 Å². The number of hydrazine groups is 1. The van der Waals surface area contributed by atoms with Gasteiger partial charge in [-0.2, -0.15) is 0 Å². The molecule has 2 heterocycles. The first-order valence-electron chi connectivity index (χ1n) is 14.9. The van der Waals surface area contributed by atoms with E-state index < -0.39 is 41.1 Å². The van der Waals surface area contributed by atoms with Crippen molar-refractivity contribution >= 4 is 23.6 Å². The number of H-pyrrole nitrogens is 1. The summed E-state index contributed by atoms with van der Waals surface area (Å²) in [5, 5.41) is 0.879. The third-order valence-electron chi connectivity index (χ3n) is 8.28. The molecule has 2 unspecified atom stereocenters. The standard InChI is InChI=1S/C35H37N5O6/c1-23-9-7-8-12-30(23)35(46-24(2)41)20-39(21-35)34(44)31(17-25-13-15-28(45-3)16-14-25)40(36)33(43)29(18-27-19-37-22-38-27)32(42)26-10-5-4-6-11-26/h4-16,19,22,29,31H,17-18,20-21,36H2,1-3H3,(H,37,38). The fourth-order valence-electron chi connectivity index (χ4n) is 5.92. The summed E-state index contributed by atoms with van der Waals surface area (Å²) >= 11 is 0. The lowest BCUT2D eigenvalue weighted by Crippen LogP contribution is -2.67. The van der Waals surface area contributed by atoms with Crippen molar-refractivity contribution < 1.29 is 28.7 Å². The van der Waals surface area contributed by atoms with E-state index >= 15 is 0 Å². The number of aromatic amines is 1. The van der Waals surface area contributed by atoms with Gasteiger partial charge in [-0.3, -0.25) is 24.2 Å². The smallest absolute Gasteiger partial charge is 0.303 e. The van der Waals surface area contributed by atoms with Gasteiger partial charge in [0.05, 0.1) is 32.2 Å². The second-order valence-corrected chi connectivity index (χ2v) is 11.5. The summed E-state index contributed by atoms with van der Waals surface area (Å²) in [6.45, 7) is 3.41. The van der Waals surface area contributed by atoms with Crippen LogP contribution in [0.15, 0.2) is 91.4 Å². The summed E-state index contributed by atoms with van der Waals surface area (Å²) in [6.07, 6.45) is 3.13. The number of aromatic nitrogens is 2. The van der Waals surface area contributed by atoms with Gasteiger partial charge >= 0.3 is 5.97 Å². The molecule has 1 fully saturated rings. The van der Waals surface area contributed by atoms with Crippen molar-refractivity contribution in [3.8, 4) is 5.75 Å². The number of aryl methyl sites for hydroxylation is 1. The van der Waals surface area contributed by atoms with Crippen molar-refractivity contribution in [2.45, 2.75) is 38.3 Å². The van der Waals surface area contributed by atoms with Gasteiger partial charge < -0.3 is 19.4 Å². The van der Waals surface area contributed by atoms with Crippen molar-refractivity contribution in [1.29, 1.82) is 0 Å². The Morgan fingerprint density at radius 3 is 2.26 bits per heavy atom. The lowest BCUT2D eigenvalue weighted by Gasteiger charge is -2.50. The number of nitrogens with zero attached hydrogens (tertiary/aromatic N) is 3. The largest absolute Gasteiger partial charge is 0.497 e. The molecule has 11 nitrogen and oxygen atoms in total. The zero-order valence-electron chi connectivity index (χ0n) is 26.0. The molecule has 0 saturated carbocycles. The summed E-state index contributed by atoms with van der Waals surface area (Å²) < 4.78 is 11.1. The number of rotatable bonds is 12. The number of nitrogens with one attached hydrogen (secondary N) is 1. The van der Waals surface area contributed by atoms with Crippen molar-refractivity contribution in [3.63, 3.8) is 0 Å². The molecule has 0 bridgehead atoms.